The molecule has 65 valence electrons. The zero-order valence-corrected chi connectivity index (χ0v) is 7.51. The van der Waals surface area contributed by atoms with Crippen molar-refractivity contribution < 1.29 is 8.42 Å². The fourth-order valence-corrected chi connectivity index (χ4v) is 1.58. The van der Waals surface area contributed by atoms with Crippen LogP contribution in [0.3, 0.4) is 0 Å². The molecule has 0 fully saturated rings. The Balaban J connectivity index is 3.14. The maximum atomic E-state index is 11.2. The fraction of sp³-hybridized carbons (Fsp3) is 0.125. The lowest BCUT2D eigenvalue weighted by Crippen LogP contribution is -1.98. The molecule has 0 saturated carbocycles. The van der Waals surface area contributed by atoms with Crippen molar-refractivity contribution in [2.75, 3.05) is 5.73 Å². The van der Waals surface area contributed by atoms with Gasteiger partial charge in [-0.3, -0.25) is 0 Å². The Hall–Kier alpha value is -1.03. The Morgan fingerprint density at radius 3 is 2.17 bits per heavy atom. The second kappa shape index (κ2) is 3.15. The number of nitrogens with two attached hydrogens (primary N) is 1. The molecule has 4 heteroatoms. The monoisotopic (exact) mass is 184 g/mol. The van der Waals surface area contributed by atoms with Crippen LogP contribution in [0.2, 0.25) is 0 Å². The predicted octanol–water partition coefficient (Wildman–Crippen LogP) is 1.22. The van der Waals surface area contributed by atoms with Crippen molar-refractivity contribution in [1.29, 1.82) is 0 Å². The van der Waals surface area contributed by atoms with Gasteiger partial charge in [-0.25, -0.2) is 8.42 Å². The Bertz CT molecular complexity index is 353. The summed E-state index contributed by atoms with van der Waals surface area (Å²) in [6, 6.07) is 6.11. The van der Waals surface area contributed by atoms with Crippen molar-refractivity contribution in [3.05, 3.63) is 30.0 Å². The zero-order valence-electron chi connectivity index (χ0n) is 6.69. The van der Waals surface area contributed by atoms with E-state index in [2.05, 4.69) is 0 Å². The summed E-state index contributed by atoms with van der Waals surface area (Å²) in [6.45, 7) is 1.49. The molecule has 12 heavy (non-hydrogen) atoms. The third-order valence-electron chi connectivity index (χ3n) is 1.52. The average Bonchev–Trinajstić information content (AvgIpc) is 2.05. The van der Waals surface area contributed by atoms with Crippen LogP contribution in [0.4, 0.5) is 5.69 Å². The lowest BCUT2D eigenvalue weighted by atomic mass is 10.3. The summed E-state index contributed by atoms with van der Waals surface area (Å²) in [6.07, 6.45) is 0. The van der Waals surface area contributed by atoms with E-state index in [1.807, 2.05) is 0 Å². The van der Waals surface area contributed by atoms with E-state index in [1.54, 1.807) is 12.1 Å². The molecule has 0 bridgehead atoms. The highest BCUT2D eigenvalue weighted by Crippen LogP contribution is 2.14. The molecule has 0 aliphatic rings. The largest absolute Gasteiger partial charge is 0.399 e. The summed E-state index contributed by atoms with van der Waals surface area (Å²) >= 11 is 0. The lowest BCUT2D eigenvalue weighted by molar-refractivity contribution is 0.601. The molecule has 0 aromatic heterocycles. The van der Waals surface area contributed by atoms with Gasteiger partial charge in [-0.1, -0.05) is 0 Å². The fourth-order valence-electron chi connectivity index (χ4n) is 0.794. The summed E-state index contributed by atoms with van der Waals surface area (Å²) in [5.41, 5.74) is 5.97. The van der Waals surface area contributed by atoms with Crippen molar-refractivity contribution in [2.24, 2.45) is 0 Å². The van der Waals surface area contributed by atoms with E-state index in [0.29, 0.717) is 5.69 Å². The van der Waals surface area contributed by atoms with Gasteiger partial charge in [0.25, 0.3) is 0 Å². The van der Waals surface area contributed by atoms with Crippen molar-refractivity contribution in [1.82, 2.24) is 0 Å². The number of anilines is 1. The predicted molar refractivity (Wildman–Crippen MR) is 48.0 cm³/mol. The van der Waals surface area contributed by atoms with Crippen molar-refractivity contribution in [3.8, 4) is 0 Å². The van der Waals surface area contributed by atoms with Crippen LogP contribution < -0.4 is 5.73 Å². The number of hydrogen-bond acceptors (Lipinski definition) is 3. The molecule has 1 aromatic carbocycles. The van der Waals surface area contributed by atoms with Crippen LogP contribution in [0.1, 0.15) is 6.92 Å². The van der Waals surface area contributed by atoms with Gasteiger partial charge in [0, 0.05) is 5.69 Å². The molecule has 0 unspecified atom stereocenters. The number of sulfone groups is 1. The first-order chi connectivity index (χ1) is 5.56. The number of nitrogen functional groups attached to an aromatic ring is 1. The first kappa shape index (κ1) is 9.06. The summed E-state index contributed by atoms with van der Waals surface area (Å²) in [5, 5.41) is 0. The van der Waals surface area contributed by atoms with E-state index in [9.17, 15) is 8.42 Å². The SMILES string of the molecule is C[CH]S(=O)(=O)c1ccc(N)cc1. The van der Waals surface area contributed by atoms with E-state index in [-0.39, 0.29) is 4.90 Å². The minimum Gasteiger partial charge on any atom is -0.399 e. The van der Waals surface area contributed by atoms with Gasteiger partial charge in [-0.15, -0.1) is 0 Å². The van der Waals surface area contributed by atoms with Crippen LogP contribution in [-0.4, -0.2) is 8.42 Å². The van der Waals surface area contributed by atoms with E-state index < -0.39 is 9.84 Å². The Morgan fingerprint density at radius 1 is 1.25 bits per heavy atom. The highest BCUT2D eigenvalue weighted by atomic mass is 32.2. The number of hydrogen-bond donors (Lipinski definition) is 1. The van der Waals surface area contributed by atoms with Gasteiger partial charge in [0.15, 0.2) is 9.84 Å². The molecule has 3 nitrogen and oxygen atoms in total. The van der Waals surface area contributed by atoms with Gasteiger partial charge in [0.05, 0.1) is 10.6 Å². The molecule has 0 amide bonds. The lowest BCUT2D eigenvalue weighted by Gasteiger charge is -1.99. The normalized spacial score (nSPS) is 11.4. The quantitative estimate of drug-likeness (QED) is 0.703. The molecule has 1 rings (SSSR count). The highest BCUT2D eigenvalue weighted by Gasteiger charge is 2.10. The molecule has 2 N–H and O–H groups in total. The third-order valence-corrected chi connectivity index (χ3v) is 3.07. The van der Waals surface area contributed by atoms with Crippen molar-refractivity contribution in [2.45, 2.75) is 11.8 Å². The molecular formula is C8H10NO2S. The minimum absolute atomic E-state index is 0.277. The molecule has 0 heterocycles. The molecule has 1 aromatic rings. The molecule has 0 saturated heterocycles. The van der Waals surface area contributed by atoms with Gasteiger partial charge in [0.1, 0.15) is 0 Å². The Labute approximate surface area is 72.1 Å². The molecule has 0 aliphatic heterocycles. The molecule has 0 spiro atoms. The van der Waals surface area contributed by atoms with E-state index in [1.165, 1.54) is 24.8 Å². The van der Waals surface area contributed by atoms with Crippen molar-refractivity contribution in [3.63, 3.8) is 0 Å². The van der Waals surface area contributed by atoms with Crippen LogP contribution in [0.5, 0.6) is 0 Å². The Kier molecular flexibility index (Phi) is 2.38. The van der Waals surface area contributed by atoms with Gasteiger partial charge in [-0.2, -0.15) is 0 Å². The maximum Gasteiger partial charge on any atom is 0.182 e. The van der Waals surface area contributed by atoms with Crippen LogP contribution in [0, 0.1) is 5.75 Å². The maximum absolute atomic E-state index is 11.2. The molecule has 0 aliphatic carbocycles. The van der Waals surface area contributed by atoms with Gasteiger partial charge >= 0.3 is 0 Å². The standard InChI is InChI=1S/C8H10NO2S/c1-2-12(10,11)8-5-3-7(9)4-6-8/h2-6H,9H2,1H3. The van der Waals surface area contributed by atoms with Crippen LogP contribution >= 0.6 is 0 Å². The van der Waals surface area contributed by atoms with Gasteiger partial charge < -0.3 is 5.73 Å². The second-order valence-corrected chi connectivity index (χ2v) is 4.38. The first-order valence-corrected chi connectivity index (χ1v) is 5.01. The van der Waals surface area contributed by atoms with E-state index in [4.69, 9.17) is 5.73 Å². The summed E-state index contributed by atoms with van der Waals surface area (Å²) in [4.78, 5) is 0.277. The number of rotatable bonds is 2. The highest BCUT2D eigenvalue weighted by molar-refractivity contribution is 7.93. The molecular weight excluding hydrogens is 174 g/mol. The summed E-state index contributed by atoms with van der Waals surface area (Å²) in [7, 11) is -3.20. The Morgan fingerprint density at radius 2 is 1.75 bits per heavy atom. The molecule has 0 atom stereocenters. The summed E-state index contributed by atoms with van der Waals surface area (Å²) < 4.78 is 22.4. The topological polar surface area (TPSA) is 60.2 Å². The summed E-state index contributed by atoms with van der Waals surface area (Å²) in [5.74, 6) is 1.17. The zero-order chi connectivity index (χ0) is 9.19. The van der Waals surface area contributed by atoms with Gasteiger partial charge in [-0.05, 0) is 31.2 Å². The van der Waals surface area contributed by atoms with E-state index >= 15 is 0 Å². The first-order valence-electron chi connectivity index (χ1n) is 3.46. The molecule has 1 radical (unpaired) electrons. The van der Waals surface area contributed by atoms with Crippen LogP contribution in [0.15, 0.2) is 29.2 Å². The van der Waals surface area contributed by atoms with Crippen molar-refractivity contribution >= 4 is 15.5 Å². The average molecular weight is 184 g/mol. The third kappa shape index (κ3) is 1.76. The minimum atomic E-state index is -3.20. The number of benzene rings is 1. The van der Waals surface area contributed by atoms with Gasteiger partial charge in [0.2, 0.25) is 0 Å². The smallest absolute Gasteiger partial charge is 0.182 e. The van der Waals surface area contributed by atoms with Crippen LogP contribution in [-0.2, 0) is 9.84 Å². The second-order valence-electron chi connectivity index (χ2n) is 2.35. The van der Waals surface area contributed by atoms with Crippen LogP contribution in [0.25, 0.3) is 0 Å². The van der Waals surface area contributed by atoms with E-state index in [0.717, 1.165) is 0 Å².